The molecule has 0 amide bonds. The Balaban J connectivity index is 2.50. The summed E-state index contributed by atoms with van der Waals surface area (Å²) in [6.07, 6.45) is 2.98. The zero-order valence-corrected chi connectivity index (χ0v) is 9.17. The largest absolute Gasteiger partial charge is 0.458 e. The van der Waals surface area contributed by atoms with Gasteiger partial charge in [0.1, 0.15) is 12.2 Å². The molecule has 0 aliphatic heterocycles. The maximum atomic E-state index is 11.5. The number of pyridine rings is 1. The lowest BCUT2D eigenvalue weighted by atomic mass is 10.1. The lowest BCUT2D eigenvalue weighted by molar-refractivity contribution is -0.144. The quantitative estimate of drug-likeness (QED) is 0.554. The number of hydrogen-bond donors (Lipinski definition) is 0. The Morgan fingerprint density at radius 2 is 2.31 bits per heavy atom. The second-order valence-corrected chi connectivity index (χ2v) is 3.79. The highest BCUT2D eigenvalue weighted by Crippen LogP contribution is 2.09. The first-order valence-corrected chi connectivity index (χ1v) is 4.74. The Morgan fingerprint density at radius 1 is 1.56 bits per heavy atom. The minimum absolute atomic E-state index is 0.000528. The van der Waals surface area contributed by atoms with Gasteiger partial charge in [0.25, 0.3) is 6.47 Å². The van der Waals surface area contributed by atoms with Crippen molar-refractivity contribution in [2.24, 2.45) is 0 Å². The van der Waals surface area contributed by atoms with Crippen LogP contribution in [0.25, 0.3) is 0 Å². The van der Waals surface area contributed by atoms with Crippen molar-refractivity contribution in [3.8, 4) is 0 Å². The molecular formula is C11H13NO4. The fraction of sp³-hybridized carbons (Fsp3) is 0.364. The van der Waals surface area contributed by atoms with Gasteiger partial charge < -0.3 is 9.47 Å². The van der Waals surface area contributed by atoms with Crippen LogP contribution in [0.2, 0.25) is 0 Å². The number of ether oxygens (including phenoxy) is 2. The number of esters is 1. The first-order valence-electron chi connectivity index (χ1n) is 4.74. The molecule has 0 spiro atoms. The maximum Gasteiger partial charge on any atom is 0.339 e. The molecule has 1 aromatic rings. The van der Waals surface area contributed by atoms with E-state index in [4.69, 9.17) is 9.47 Å². The van der Waals surface area contributed by atoms with Crippen LogP contribution in [-0.4, -0.2) is 29.6 Å². The molecule has 0 aliphatic carbocycles. The van der Waals surface area contributed by atoms with Gasteiger partial charge in [-0.05, 0) is 26.0 Å². The lowest BCUT2D eigenvalue weighted by Gasteiger charge is -2.21. The Labute approximate surface area is 93.4 Å². The highest BCUT2D eigenvalue weighted by Gasteiger charge is 2.21. The molecule has 1 aromatic heterocycles. The SMILES string of the molecule is CC(C)(COC(=O)c1cccnc1)OC=O. The van der Waals surface area contributed by atoms with E-state index in [1.807, 2.05) is 0 Å². The van der Waals surface area contributed by atoms with E-state index in [1.54, 1.807) is 32.2 Å². The topological polar surface area (TPSA) is 65.5 Å². The summed E-state index contributed by atoms with van der Waals surface area (Å²) in [5.74, 6) is -0.490. The highest BCUT2D eigenvalue weighted by molar-refractivity contribution is 5.88. The van der Waals surface area contributed by atoms with Crippen LogP contribution in [-0.2, 0) is 14.3 Å². The molecule has 1 rings (SSSR count). The van der Waals surface area contributed by atoms with E-state index in [-0.39, 0.29) is 6.61 Å². The molecule has 86 valence electrons. The van der Waals surface area contributed by atoms with Crippen molar-refractivity contribution in [1.29, 1.82) is 0 Å². The number of rotatable bonds is 5. The van der Waals surface area contributed by atoms with Gasteiger partial charge in [0.2, 0.25) is 0 Å². The summed E-state index contributed by atoms with van der Waals surface area (Å²) in [5, 5.41) is 0. The second-order valence-electron chi connectivity index (χ2n) is 3.79. The lowest BCUT2D eigenvalue weighted by Crippen LogP contribution is -2.31. The zero-order valence-electron chi connectivity index (χ0n) is 9.17. The van der Waals surface area contributed by atoms with E-state index in [2.05, 4.69) is 4.98 Å². The third-order valence-corrected chi connectivity index (χ3v) is 1.82. The van der Waals surface area contributed by atoms with E-state index in [0.29, 0.717) is 12.0 Å². The summed E-state index contributed by atoms with van der Waals surface area (Å²) < 4.78 is 9.72. The third-order valence-electron chi connectivity index (χ3n) is 1.82. The van der Waals surface area contributed by atoms with Crippen LogP contribution in [0.4, 0.5) is 0 Å². The summed E-state index contributed by atoms with van der Waals surface area (Å²) >= 11 is 0. The van der Waals surface area contributed by atoms with Gasteiger partial charge in [0.15, 0.2) is 0 Å². The normalized spacial score (nSPS) is 10.6. The first-order chi connectivity index (χ1) is 7.55. The summed E-state index contributed by atoms with van der Waals surface area (Å²) in [6.45, 7) is 3.63. The van der Waals surface area contributed by atoms with Gasteiger partial charge in [-0.1, -0.05) is 0 Å². The van der Waals surface area contributed by atoms with Crippen LogP contribution in [0.3, 0.4) is 0 Å². The van der Waals surface area contributed by atoms with Gasteiger partial charge in [-0.3, -0.25) is 9.78 Å². The van der Waals surface area contributed by atoms with E-state index in [9.17, 15) is 9.59 Å². The van der Waals surface area contributed by atoms with Crippen molar-refractivity contribution in [3.05, 3.63) is 30.1 Å². The molecule has 5 nitrogen and oxygen atoms in total. The molecule has 5 heteroatoms. The van der Waals surface area contributed by atoms with Gasteiger partial charge in [-0.15, -0.1) is 0 Å². The molecule has 0 radical (unpaired) electrons. The molecule has 0 atom stereocenters. The zero-order chi connectivity index (χ0) is 12.0. The Kier molecular flexibility index (Phi) is 3.99. The van der Waals surface area contributed by atoms with Gasteiger partial charge >= 0.3 is 5.97 Å². The predicted molar refractivity (Wildman–Crippen MR) is 55.7 cm³/mol. The molecule has 1 heterocycles. The van der Waals surface area contributed by atoms with Crippen LogP contribution >= 0.6 is 0 Å². The molecule has 16 heavy (non-hydrogen) atoms. The summed E-state index contributed by atoms with van der Waals surface area (Å²) in [6, 6.07) is 3.24. The second kappa shape index (κ2) is 5.25. The summed E-state index contributed by atoms with van der Waals surface area (Å²) in [5.41, 5.74) is -0.455. The molecule has 0 aliphatic rings. The molecule has 0 saturated heterocycles. The van der Waals surface area contributed by atoms with Crippen molar-refractivity contribution in [3.63, 3.8) is 0 Å². The number of aromatic nitrogens is 1. The first kappa shape index (κ1) is 12.2. The molecular weight excluding hydrogens is 210 g/mol. The van der Waals surface area contributed by atoms with Gasteiger partial charge in [-0.2, -0.15) is 0 Å². The van der Waals surface area contributed by atoms with Crippen molar-refractivity contribution >= 4 is 12.4 Å². The minimum atomic E-state index is -0.820. The fourth-order valence-corrected chi connectivity index (χ4v) is 0.970. The number of carbonyl (C=O) groups excluding carboxylic acids is 2. The van der Waals surface area contributed by atoms with Crippen molar-refractivity contribution in [2.45, 2.75) is 19.4 Å². The Morgan fingerprint density at radius 3 is 2.88 bits per heavy atom. The maximum absolute atomic E-state index is 11.5. The van der Waals surface area contributed by atoms with Gasteiger partial charge in [0.05, 0.1) is 5.56 Å². The van der Waals surface area contributed by atoms with Crippen LogP contribution in [0.5, 0.6) is 0 Å². The number of hydrogen-bond acceptors (Lipinski definition) is 5. The van der Waals surface area contributed by atoms with Gasteiger partial charge in [-0.25, -0.2) is 4.79 Å². The average molecular weight is 223 g/mol. The highest BCUT2D eigenvalue weighted by atomic mass is 16.6. The van der Waals surface area contributed by atoms with Crippen LogP contribution in [0, 0.1) is 0 Å². The van der Waals surface area contributed by atoms with E-state index in [0.717, 1.165) is 0 Å². The predicted octanol–water partition coefficient (Wildman–Crippen LogP) is 1.19. The van der Waals surface area contributed by atoms with E-state index in [1.165, 1.54) is 6.20 Å². The number of nitrogens with zero attached hydrogens (tertiary/aromatic N) is 1. The van der Waals surface area contributed by atoms with Crippen molar-refractivity contribution in [1.82, 2.24) is 4.98 Å². The van der Waals surface area contributed by atoms with E-state index < -0.39 is 11.6 Å². The molecule has 0 aromatic carbocycles. The fourth-order valence-electron chi connectivity index (χ4n) is 0.970. The van der Waals surface area contributed by atoms with Gasteiger partial charge in [0, 0.05) is 12.4 Å². The summed E-state index contributed by atoms with van der Waals surface area (Å²) in [4.78, 5) is 25.5. The number of carbonyl (C=O) groups is 2. The van der Waals surface area contributed by atoms with Crippen LogP contribution < -0.4 is 0 Å². The molecule has 0 unspecified atom stereocenters. The van der Waals surface area contributed by atoms with Crippen LogP contribution in [0.15, 0.2) is 24.5 Å². The Bertz CT molecular complexity index is 362. The van der Waals surface area contributed by atoms with Crippen molar-refractivity contribution in [2.75, 3.05) is 6.61 Å². The monoisotopic (exact) mass is 223 g/mol. The van der Waals surface area contributed by atoms with E-state index >= 15 is 0 Å². The molecule has 0 fully saturated rings. The molecule has 0 bridgehead atoms. The minimum Gasteiger partial charge on any atom is -0.458 e. The van der Waals surface area contributed by atoms with Crippen molar-refractivity contribution < 1.29 is 19.1 Å². The summed E-state index contributed by atoms with van der Waals surface area (Å²) in [7, 11) is 0. The van der Waals surface area contributed by atoms with Crippen LogP contribution in [0.1, 0.15) is 24.2 Å². The average Bonchev–Trinajstić information content (AvgIpc) is 2.27. The standard InChI is InChI=1S/C11H13NO4/c1-11(2,16-8-13)7-15-10(14)9-4-3-5-12-6-9/h3-6,8H,7H2,1-2H3. The molecule has 0 N–H and O–H groups in total. The molecule has 0 saturated carbocycles. The smallest absolute Gasteiger partial charge is 0.339 e. The Hall–Kier alpha value is -1.91. The third kappa shape index (κ3) is 3.68.